The molecule has 1 aromatic carbocycles. The summed E-state index contributed by atoms with van der Waals surface area (Å²) in [6, 6.07) is 2.02. The Morgan fingerprint density at radius 2 is 2.31 bits per heavy atom. The Balaban J connectivity index is 2.61. The van der Waals surface area contributed by atoms with Gasteiger partial charge < -0.3 is 14.6 Å². The highest BCUT2D eigenvalue weighted by molar-refractivity contribution is 5.56. The van der Waals surface area contributed by atoms with E-state index in [1.807, 2.05) is 19.9 Å². The first kappa shape index (κ1) is 11.3. The summed E-state index contributed by atoms with van der Waals surface area (Å²) in [6.45, 7) is 4.88. The molecule has 1 N–H and O–H groups in total. The lowest BCUT2D eigenvalue weighted by molar-refractivity contribution is 0.269. The maximum absolute atomic E-state index is 9.33. The van der Waals surface area contributed by atoms with Crippen LogP contribution in [0.15, 0.2) is 6.07 Å². The molecule has 1 unspecified atom stereocenters. The zero-order chi connectivity index (χ0) is 11.7. The molecule has 1 aliphatic rings. The molecule has 0 radical (unpaired) electrons. The zero-order valence-corrected chi connectivity index (χ0v) is 10.0. The van der Waals surface area contributed by atoms with Crippen molar-refractivity contribution in [2.45, 2.75) is 26.2 Å². The van der Waals surface area contributed by atoms with Crippen LogP contribution in [0.5, 0.6) is 11.5 Å². The number of ether oxygens (including phenoxy) is 2. The van der Waals surface area contributed by atoms with Crippen molar-refractivity contribution in [2.24, 2.45) is 0 Å². The van der Waals surface area contributed by atoms with E-state index in [1.165, 1.54) is 5.56 Å². The van der Waals surface area contributed by atoms with E-state index in [0.717, 1.165) is 35.7 Å². The summed E-state index contributed by atoms with van der Waals surface area (Å²) >= 11 is 0. The van der Waals surface area contributed by atoms with E-state index >= 15 is 0 Å². The third kappa shape index (κ3) is 1.65. The maximum atomic E-state index is 9.33. The third-order valence-corrected chi connectivity index (χ3v) is 3.15. The van der Waals surface area contributed by atoms with Crippen LogP contribution in [0.1, 0.15) is 29.5 Å². The van der Waals surface area contributed by atoms with E-state index in [9.17, 15) is 5.11 Å². The Morgan fingerprint density at radius 3 is 2.94 bits per heavy atom. The van der Waals surface area contributed by atoms with Crippen molar-refractivity contribution in [3.8, 4) is 11.5 Å². The van der Waals surface area contributed by atoms with E-state index in [0.29, 0.717) is 0 Å². The lowest BCUT2D eigenvalue weighted by atomic mass is 9.91. The minimum Gasteiger partial charge on any atom is -0.496 e. The van der Waals surface area contributed by atoms with Crippen LogP contribution < -0.4 is 9.47 Å². The number of hydrogen-bond donors (Lipinski definition) is 1. The Hall–Kier alpha value is -1.22. The molecule has 0 amide bonds. The summed E-state index contributed by atoms with van der Waals surface area (Å²) in [4.78, 5) is 0. The molecule has 1 aliphatic heterocycles. The van der Waals surface area contributed by atoms with Crippen LogP contribution in [0.3, 0.4) is 0 Å². The second kappa shape index (κ2) is 4.34. The van der Waals surface area contributed by atoms with Crippen molar-refractivity contribution < 1.29 is 14.6 Å². The second-order valence-corrected chi connectivity index (χ2v) is 4.30. The summed E-state index contributed by atoms with van der Waals surface area (Å²) < 4.78 is 11.0. The van der Waals surface area contributed by atoms with Gasteiger partial charge in [-0.25, -0.2) is 0 Å². The van der Waals surface area contributed by atoms with Crippen LogP contribution in [0.4, 0.5) is 0 Å². The van der Waals surface area contributed by atoms with E-state index in [1.54, 1.807) is 7.11 Å². The molecule has 0 bridgehead atoms. The SMILES string of the molecule is COc1c(C)cc2c(c1C(C)CO)CCO2. The van der Waals surface area contributed by atoms with E-state index < -0.39 is 0 Å². The van der Waals surface area contributed by atoms with Gasteiger partial charge in [0.2, 0.25) is 0 Å². The summed E-state index contributed by atoms with van der Waals surface area (Å²) in [6.07, 6.45) is 0.908. The summed E-state index contributed by atoms with van der Waals surface area (Å²) in [7, 11) is 1.68. The topological polar surface area (TPSA) is 38.7 Å². The molecule has 2 rings (SSSR count). The van der Waals surface area contributed by atoms with Crippen molar-refractivity contribution in [2.75, 3.05) is 20.3 Å². The normalized spacial score (nSPS) is 15.5. The smallest absolute Gasteiger partial charge is 0.125 e. The highest BCUT2D eigenvalue weighted by Gasteiger charge is 2.24. The van der Waals surface area contributed by atoms with E-state index in [2.05, 4.69) is 0 Å². The average molecular weight is 222 g/mol. The van der Waals surface area contributed by atoms with Crippen LogP contribution in [0.2, 0.25) is 0 Å². The van der Waals surface area contributed by atoms with Gasteiger partial charge in [-0.2, -0.15) is 0 Å². The molecule has 0 saturated heterocycles. The molecule has 1 heterocycles. The van der Waals surface area contributed by atoms with Gasteiger partial charge in [-0.3, -0.25) is 0 Å². The van der Waals surface area contributed by atoms with Gasteiger partial charge in [0, 0.05) is 30.1 Å². The Bertz CT molecular complexity index is 395. The molecule has 0 saturated carbocycles. The van der Waals surface area contributed by atoms with Crippen molar-refractivity contribution in [3.63, 3.8) is 0 Å². The Morgan fingerprint density at radius 1 is 1.56 bits per heavy atom. The second-order valence-electron chi connectivity index (χ2n) is 4.30. The van der Waals surface area contributed by atoms with Crippen molar-refractivity contribution in [1.29, 1.82) is 0 Å². The third-order valence-electron chi connectivity index (χ3n) is 3.15. The molecule has 0 aromatic heterocycles. The minimum absolute atomic E-state index is 0.0882. The van der Waals surface area contributed by atoms with Gasteiger partial charge >= 0.3 is 0 Å². The molecule has 1 aromatic rings. The van der Waals surface area contributed by atoms with Crippen LogP contribution in [-0.4, -0.2) is 25.4 Å². The van der Waals surface area contributed by atoms with E-state index in [-0.39, 0.29) is 12.5 Å². The molecule has 0 spiro atoms. The molecular weight excluding hydrogens is 204 g/mol. The van der Waals surface area contributed by atoms with Crippen molar-refractivity contribution >= 4 is 0 Å². The first-order valence-corrected chi connectivity index (χ1v) is 5.63. The summed E-state index contributed by atoms with van der Waals surface area (Å²) in [5, 5.41) is 9.33. The van der Waals surface area contributed by atoms with Gasteiger partial charge in [0.1, 0.15) is 11.5 Å². The molecule has 0 fully saturated rings. The van der Waals surface area contributed by atoms with Gasteiger partial charge in [0.05, 0.1) is 13.7 Å². The molecule has 1 atom stereocenters. The van der Waals surface area contributed by atoms with Gasteiger partial charge in [-0.15, -0.1) is 0 Å². The molecular formula is C13H18O3. The number of methoxy groups -OCH3 is 1. The first-order chi connectivity index (χ1) is 7.69. The maximum Gasteiger partial charge on any atom is 0.125 e. The van der Waals surface area contributed by atoms with Gasteiger partial charge in [0.15, 0.2) is 0 Å². The van der Waals surface area contributed by atoms with Crippen LogP contribution >= 0.6 is 0 Å². The number of fused-ring (bicyclic) bond motifs is 1. The Kier molecular flexibility index (Phi) is 3.06. The standard InChI is InChI=1S/C13H18O3/c1-8-6-11-10(4-5-16-11)12(9(2)7-14)13(8)15-3/h6,9,14H,4-5,7H2,1-3H3. The highest BCUT2D eigenvalue weighted by Crippen LogP contribution is 2.41. The van der Waals surface area contributed by atoms with Crippen molar-refractivity contribution in [3.05, 3.63) is 22.8 Å². The van der Waals surface area contributed by atoms with Gasteiger partial charge in [0.25, 0.3) is 0 Å². The van der Waals surface area contributed by atoms with Crippen molar-refractivity contribution in [1.82, 2.24) is 0 Å². The summed E-state index contributed by atoms with van der Waals surface area (Å²) in [5.41, 5.74) is 3.37. The fourth-order valence-electron chi connectivity index (χ4n) is 2.36. The van der Waals surface area contributed by atoms with E-state index in [4.69, 9.17) is 9.47 Å². The fraction of sp³-hybridized carbons (Fsp3) is 0.538. The molecule has 0 aliphatic carbocycles. The number of rotatable bonds is 3. The molecule has 3 heteroatoms. The predicted molar refractivity (Wildman–Crippen MR) is 62.4 cm³/mol. The first-order valence-electron chi connectivity index (χ1n) is 5.63. The average Bonchev–Trinajstić information content (AvgIpc) is 2.73. The largest absolute Gasteiger partial charge is 0.496 e. The fourth-order valence-corrected chi connectivity index (χ4v) is 2.36. The zero-order valence-electron chi connectivity index (χ0n) is 10.0. The van der Waals surface area contributed by atoms with Crippen LogP contribution in [0.25, 0.3) is 0 Å². The highest BCUT2D eigenvalue weighted by atomic mass is 16.5. The number of aryl methyl sites for hydroxylation is 1. The van der Waals surface area contributed by atoms with Gasteiger partial charge in [-0.1, -0.05) is 6.92 Å². The van der Waals surface area contributed by atoms with Crippen LogP contribution in [-0.2, 0) is 6.42 Å². The lowest BCUT2D eigenvalue weighted by Crippen LogP contribution is -2.06. The Labute approximate surface area is 96.0 Å². The summed E-state index contributed by atoms with van der Waals surface area (Å²) in [5.74, 6) is 1.93. The monoisotopic (exact) mass is 222 g/mol. The molecule has 16 heavy (non-hydrogen) atoms. The minimum atomic E-state index is 0.0882. The number of benzene rings is 1. The molecule has 3 nitrogen and oxygen atoms in total. The number of aliphatic hydroxyl groups excluding tert-OH is 1. The van der Waals surface area contributed by atoms with Crippen LogP contribution in [0, 0.1) is 6.92 Å². The molecule has 88 valence electrons. The van der Waals surface area contributed by atoms with Gasteiger partial charge in [-0.05, 0) is 18.6 Å². The predicted octanol–water partition coefficient (Wildman–Crippen LogP) is 2.03. The number of hydrogen-bond acceptors (Lipinski definition) is 3. The quantitative estimate of drug-likeness (QED) is 0.850. The number of aliphatic hydroxyl groups is 1. The lowest BCUT2D eigenvalue weighted by Gasteiger charge is -2.19.